The van der Waals surface area contributed by atoms with Crippen LogP contribution < -0.4 is 11.5 Å². The van der Waals surface area contributed by atoms with Gasteiger partial charge in [0.2, 0.25) is 0 Å². The van der Waals surface area contributed by atoms with Gasteiger partial charge in [0.25, 0.3) is 0 Å². The van der Waals surface area contributed by atoms with Crippen LogP contribution in [-0.4, -0.2) is 23.5 Å². The number of urea groups is 1. The van der Waals surface area contributed by atoms with Crippen LogP contribution in [0.2, 0.25) is 0 Å². The van der Waals surface area contributed by atoms with Crippen molar-refractivity contribution in [3.8, 4) is 0 Å². The molecule has 4 N–H and O–H groups in total. The molecule has 132 valence electrons. The van der Waals surface area contributed by atoms with Crippen molar-refractivity contribution in [3.63, 3.8) is 0 Å². The standard InChI is InChI=1S/C16H15FN2O.C4H9N/c17-13-7-5-12(6-8-13)15-14-4-2-1-3-11(14)9-10-19(15)16(18)20;5-4-2-1-3-4/h1-8,15H,9-10H2,(H2,18,20);4H,1-3,5H2/t15-;/m0./s1. The molecule has 0 bridgehead atoms. The van der Waals surface area contributed by atoms with Gasteiger partial charge >= 0.3 is 6.03 Å². The van der Waals surface area contributed by atoms with Crippen molar-refractivity contribution in [2.75, 3.05) is 6.54 Å². The number of halogens is 1. The molecule has 1 atom stereocenters. The molecule has 1 fully saturated rings. The molecule has 2 amide bonds. The van der Waals surface area contributed by atoms with Crippen molar-refractivity contribution in [2.45, 2.75) is 37.8 Å². The molecule has 2 aromatic carbocycles. The molecule has 4 rings (SSSR count). The number of rotatable bonds is 1. The van der Waals surface area contributed by atoms with Crippen molar-refractivity contribution < 1.29 is 9.18 Å². The van der Waals surface area contributed by atoms with Gasteiger partial charge in [-0.15, -0.1) is 0 Å². The summed E-state index contributed by atoms with van der Waals surface area (Å²) in [6.45, 7) is 0.578. The maximum Gasteiger partial charge on any atom is 0.315 e. The van der Waals surface area contributed by atoms with Crippen molar-refractivity contribution in [1.29, 1.82) is 0 Å². The Bertz CT molecular complexity index is 728. The van der Waals surface area contributed by atoms with Crippen molar-refractivity contribution >= 4 is 6.03 Å². The molecule has 5 heteroatoms. The maximum atomic E-state index is 13.1. The van der Waals surface area contributed by atoms with Gasteiger partial charge in [0.15, 0.2) is 0 Å². The van der Waals surface area contributed by atoms with Crippen LogP contribution in [0.5, 0.6) is 0 Å². The van der Waals surface area contributed by atoms with E-state index in [1.807, 2.05) is 18.2 Å². The number of primary amides is 1. The Kier molecular flexibility index (Phi) is 5.34. The number of carbonyl (C=O) groups is 1. The third kappa shape index (κ3) is 3.99. The van der Waals surface area contributed by atoms with Crippen LogP contribution in [-0.2, 0) is 6.42 Å². The Morgan fingerprint density at radius 1 is 1.08 bits per heavy atom. The average Bonchev–Trinajstić information content (AvgIpc) is 2.60. The lowest BCUT2D eigenvalue weighted by molar-refractivity contribution is 0.190. The second-order valence-corrected chi connectivity index (χ2v) is 6.63. The fourth-order valence-corrected chi connectivity index (χ4v) is 3.25. The zero-order chi connectivity index (χ0) is 17.8. The molecule has 1 heterocycles. The highest BCUT2D eigenvalue weighted by Gasteiger charge is 2.30. The van der Waals surface area contributed by atoms with Crippen LogP contribution in [0.4, 0.5) is 9.18 Å². The minimum Gasteiger partial charge on any atom is -0.351 e. The largest absolute Gasteiger partial charge is 0.351 e. The molecule has 1 aliphatic heterocycles. The third-order valence-electron chi connectivity index (χ3n) is 4.90. The number of nitrogens with zero attached hydrogens (tertiary/aromatic N) is 1. The van der Waals surface area contributed by atoms with Gasteiger partial charge in [-0.1, -0.05) is 42.8 Å². The molecule has 0 radical (unpaired) electrons. The van der Waals surface area contributed by atoms with E-state index in [4.69, 9.17) is 11.5 Å². The van der Waals surface area contributed by atoms with Crippen LogP contribution in [0.1, 0.15) is 42.0 Å². The Hall–Kier alpha value is -2.40. The molecule has 4 nitrogen and oxygen atoms in total. The Morgan fingerprint density at radius 2 is 1.72 bits per heavy atom. The van der Waals surface area contributed by atoms with Crippen LogP contribution in [0.25, 0.3) is 0 Å². The first-order valence-corrected chi connectivity index (χ1v) is 8.71. The first kappa shape index (κ1) is 17.4. The van der Waals surface area contributed by atoms with E-state index in [1.165, 1.54) is 37.0 Å². The number of nitrogens with two attached hydrogens (primary N) is 2. The lowest BCUT2D eigenvalue weighted by Gasteiger charge is -2.36. The van der Waals surface area contributed by atoms with Crippen LogP contribution in [0.3, 0.4) is 0 Å². The normalized spacial score (nSPS) is 19.3. The highest BCUT2D eigenvalue weighted by atomic mass is 19.1. The Morgan fingerprint density at radius 3 is 2.28 bits per heavy atom. The summed E-state index contributed by atoms with van der Waals surface area (Å²) in [4.78, 5) is 13.3. The quantitative estimate of drug-likeness (QED) is 0.835. The summed E-state index contributed by atoms with van der Waals surface area (Å²) in [5.41, 5.74) is 14.0. The van der Waals surface area contributed by atoms with Gasteiger partial charge in [0.05, 0.1) is 6.04 Å². The van der Waals surface area contributed by atoms with Crippen molar-refractivity contribution in [1.82, 2.24) is 4.90 Å². The molecular formula is C20H24FN3O. The van der Waals surface area contributed by atoms with E-state index in [0.29, 0.717) is 12.6 Å². The molecule has 25 heavy (non-hydrogen) atoms. The van der Waals surface area contributed by atoms with Gasteiger partial charge in [0, 0.05) is 12.6 Å². The highest BCUT2D eigenvalue weighted by Crippen LogP contribution is 2.34. The molecule has 0 unspecified atom stereocenters. The molecule has 1 saturated carbocycles. The summed E-state index contributed by atoms with van der Waals surface area (Å²) < 4.78 is 13.1. The summed E-state index contributed by atoms with van der Waals surface area (Å²) in [6, 6.07) is 14.1. The highest BCUT2D eigenvalue weighted by molar-refractivity contribution is 5.74. The van der Waals surface area contributed by atoms with E-state index in [9.17, 15) is 9.18 Å². The Balaban J connectivity index is 0.000000314. The van der Waals surface area contributed by atoms with E-state index >= 15 is 0 Å². The molecular weight excluding hydrogens is 317 g/mol. The fraction of sp³-hybridized carbons (Fsp3) is 0.350. The van der Waals surface area contributed by atoms with Gasteiger partial charge in [-0.25, -0.2) is 9.18 Å². The summed E-state index contributed by atoms with van der Waals surface area (Å²) >= 11 is 0. The van der Waals surface area contributed by atoms with E-state index in [1.54, 1.807) is 17.0 Å². The number of fused-ring (bicyclic) bond motifs is 1. The average molecular weight is 341 g/mol. The smallest absolute Gasteiger partial charge is 0.315 e. The van der Waals surface area contributed by atoms with Crippen LogP contribution in [0, 0.1) is 5.82 Å². The van der Waals surface area contributed by atoms with Crippen molar-refractivity contribution in [2.24, 2.45) is 11.5 Å². The minimum atomic E-state index is -0.450. The summed E-state index contributed by atoms with van der Waals surface area (Å²) in [5.74, 6) is -0.288. The second-order valence-electron chi connectivity index (χ2n) is 6.63. The monoisotopic (exact) mass is 341 g/mol. The topological polar surface area (TPSA) is 72.4 Å². The predicted octanol–water partition coefficient (Wildman–Crippen LogP) is 3.35. The SMILES string of the molecule is NC(=O)N1CCc2ccccc2[C@@H]1c1ccc(F)cc1.NC1CCC1. The molecule has 2 aliphatic rings. The van der Waals surface area contributed by atoms with E-state index in [0.717, 1.165) is 17.5 Å². The maximum absolute atomic E-state index is 13.1. The zero-order valence-corrected chi connectivity index (χ0v) is 14.2. The lowest BCUT2D eigenvalue weighted by Crippen LogP contribution is -2.43. The number of amides is 2. The predicted molar refractivity (Wildman–Crippen MR) is 96.5 cm³/mol. The van der Waals surface area contributed by atoms with Gasteiger partial charge in [-0.3, -0.25) is 0 Å². The van der Waals surface area contributed by atoms with Crippen LogP contribution >= 0.6 is 0 Å². The van der Waals surface area contributed by atoms with E-state index in [2.05, 4.69) is 6.07 Å². The van der Waals surface area contributed by atoms with Gasteiger partial charge in [-0.2, -0.15) is 0 Å². The Labute approximate surface area is 147 Å². The number of benzene rings is 2. The van der Waals surface area contributed by atoms with Gasteiger partial charge in [-0.05, 0) is 48.1 Å². The second kappa shape index (κ2) is 7.66. The first-order chi connectivity index (χ1) is 12.1. The minimum absolute atomic E-state index is 0.238. The van der Waals surface area contributed by atoms with E-state index in [-0.39, 0.29) is 11.9 Å². The molecule has 0 saturated heterocycles. The number of hydrogen-bond acceptors (Lipinski definition) is 2. The number of carbonyl (C=O) groups excluding carboxylic acids is 1. The van der Waals surface area contributed by atoms with E-state index < -0.39 is 6.03 Å². The third-order valence-corrected chi connectivity index (χ3v) is 4.90. The summed E-state index contributed by atoms with van der Waals surface area (Å²) in [5, 5.41) is 0. The fourth-order valence-electron chi connectivity index (χ4n) is 3.25. The molecule has 2 aromatic rings. The lowest BCUT2D eigenvalue weighted by atomic mass is 9.88. The number of hydrogen-bond donors (Lipinski definition) is 2. The van der Waals surface area contributed by atoms with Gasteiger partial charge < -0.3 is 16.4 Å². The molecule has 0 aromatic heterocycles. The summed E-state index contributed by atoms with van der Waals surface area (Å²) in [7, 11) is 0. The zero-order valence-electron chi connectivity index (χ0n) is 14.2. The van der Waals surface area contributed by atoms with Crippen molar-refractivity contribution in [3.05, 3.63) is 71.0 Å². The first-order valence-electron chi connectivity index (χ1n) is 8.71. The molecule has 1 aliphatic carbocycles. The molecule has 0 spiro atoms. The summed E-state index contributed by atoms with van der Waals surface area (Å²) in [6.07, 6.45) is 4.68. The van der Waals surface area contributed by atoms with Crippen LogP contribution in [0.15, 0.2) is 48.5 Å². The van der Waals surface area contributed by atoms with Gasteiger partial charge in [0.1, 0.15) is 5.82 Å².